The summed E-state index contributed by atoms with van der Waals surface area (Å²) in [6.07, 6.45) is 0. The summed E-state index contributed by atoms with van der Waals surface area (Å²) in [6, 6.07) is 16.7. The number of anilines is 1. The molecule has 0 radical (unpaired) electrons. The molecule has 0 aliphatic heterocycles. The van der Waals surface area contributed by atoms with Gasteiger partial charge in [-0.05, 0) is 35.7 Å². The summed E-state index contributed by atoms with van der Waals surface area (Å²) >= 11 is 1.58. The minimum Gasteiger partial charge on any atom is -0.450 e. The standard InChI is InChI=1S/C15H11NO2S/c17-15(16-11-5-2-1-3-6-11)13-9-8-12(18-13)14-7-4-10-19-14/h1-10H,(H,16,17). The van der Waals surface area contributed by atoms with Crippen LogP contribution in [-0.4, -0.2) is 5.91 Å². The molecule has 0 aliphatic carbocycles. The third-order valence-electron chi connectivity index (χ3n) is 2.63. The normalized spacial score (nSPS) is 10.3. The van der Waals surface area contributed by atoms with Gasteiger partial charge in [0.2, 0.25) is 0 Å². The Morgan fingerprint density at radius 1 is 1.00 bits per heavy atom. The van der Waals surface area contributed by atoms with Gasteiger partial charge in [0.05, 0.1) is 4.88 Å². The SMILES string of the molecule is O=C(Nc1ccccc1)c1ccc(-c2cccs2)o1. The van der Waals surface area contributed by atoms with E-state index in [0.717, 1.165) is 10.6 Å². The van der Waals surface area contributed by atoms with Gasteiger partial charge in [-0.25, -0.2) is 0 Å². The van der Waals surface area contributed by atoms with Crippen LogP contribution in [0.4, 0.5) is 5.69 Å². The van der Waals surface area contributed by atoms with E-state index < -0.39 is 0 Å². The molecule has 0 spiro atoms. The average Bonchev–Trinajstić information content (AvgIpc) is 3.11. The van der Waals surface area contributed by atoms with Gasteiger partial charge in [-0.1, -0.05) is 24.3 Å². The Bertz CT molecular complexity index is 671. The van der Waals surface area contributed by atoms with Crippen LogP contribution >= 0.6 is 11.3 Å². The summed E-state index contributed by atoms with van der Waals surface area (Å²) in [4.78, 5) is 13.0. The Kier molecular flexibility index (Phi) is 3.16. The molecule has 0 saturated carbocycles. The fourth-order valence-electron chi connectivity index (χ4n) is 1.73. The number of rotatable bonds is 3. The van der Waals surface area contributed by atoms with Gasteiger partial charge in [-0.2, -0.15) is 0 Å². The van der Waals surface area contributed by atoms with Crippen LogP contribution < -0.4 is 5.32 Å². The van der Waals surface area contributed by atoms with Crippen molar-refractivity contribution >= 4 is 22.9 Å². The van der Waals surface area contributed by atoms with Gasteiger partial charge in [0.25, 0.3) is 5.91 Å². The van der Waals surface area contributed by atoms with Crippen molar-refractivity contribution in [3.8, 4) is 10.6 Å². The van der Waals surface area contributed by atoms with Crippen LogP contribution in [0.3, 0.4) is 0 Å². The van der Waals surface area contributed by atoms with Crippen LogP contribution in [0.25, 0.3) is 10.6 Å². The van der Waals surface area contributed by atoms with Gasteiger partial charge in [0.1, 0.15) is 5.76 Å². The first kappa shape index (κ1) is 11.7. The number of hydrogen-bond donors (Lipinski definition) is 1. The summed E-state index contributed by atoms with van der Waals surface area (Å²) in [5, 5.41) is 4.76. The molecular formula is C15H11NO2S. The fourth-order valence-corrected chi connectivity index (χ4v) is 2.41. The third kappa shape index (κ3) is 2.58. The van der Waals surface area contributed by atoms with Crippen LogP contribution in [0.2, 0.25) is 0 Å². The van der Waals surface area contributed by atoms with Crippen molar-refractivity contribution in [1.82, 2.24) is 0 Å². The molecule has 0 bridgehead atoms. The lowest BCUT2D eigenvalue weighted by Crippen LogP contribution is -2.10. The second-order valence-electron chi connectivity index (χ2n) is 3.96. The molecular weight excluding hydrogens is 258 g/mol. The third-order valence-corrected chi connectivity index (χ3v) is 3.51. The van der Waals surface area contributed by atoms with Crippen molar-refractivity contribution in [3.63, 3.8) is 0 Å². The van der Waals surface area contributed by atoms with Gasteiger partial charge < -0.3 is 9.73 Å². The number of carbonyl (C=O) groups is 1. The lowest BCUT2D eigenvalue weighted by atomic mass is 10.3. The van der Waals surface area contributed by atoms with E-state index in [-0.39, 0.29) is 5.91 Å². The number of para-hydroxylation sites is 1. The molecule has 0 fully saturated rings. The molecule has 3 nitrogen and oxygen atoms in total. The zero-order chi connectivity index (χ0) is 13.1. The van der Waals surface area contributed by atoms with E-state index in [1.54, 1.807) is 17.4 Å². The topological polar surface area (TPSA) is 42.2 Å². The van der Waals surface area contributed by atoms with Crippen molar-refractivity contribution in [2.75, 3.05) is 5.32 Å². The van der Waals surface area contributed by atoms with E-state index in [1.165, 1.54) is 0 Å². The number of thiophene rings is 1. The van der Waals surface area contributed by atoms with Gasteiger partial charge in [-0.3, -0.25) is 4.79 Å². The molecule has 3 rings (SSSR count). The van der Waals surface area contributed by atoms with Crippen molar-refractivity contribution < 1.29 is 9.21 Å². The molecule has 4 heteroatoms. The predicted octanol–water partition coefficient (Wildman–Crippen LogP) is 4.26. The Morgan fingerprint density at radius 3 is 2.58 bits per heavy atom. The minimum atomic E-state index is -0.242. The highest BCUT2D eigenvalue weighted by Gasteiger charge is 2.12. The first-order valence-electron chi connectivity index (χ1n) is 5.83. The van der Waals surface area contributed by atoms with E-state index in [9.17, 15) is 4.79 Å². The zero-order valence-corrected chi connectivity index (χ0v) is 10.8. The van der Waals surface area contributed by atoms with Crippen LogP contribution in [0.5, 0.6) is 0 Å². The lowest BCUT2D eigenvalue weighted by molar-refractivity contribution is 0.0997. The van der Waals surface area contributed by atoms with Crippen LogP contribution in [0.15, 0.2) is 64.4 Å². The monoisotopic (exact) mass is 269 g/mol. The fraction of sp³-hybridized carbons (Fsp3) is 0. The smallest absolute Gasteiger partial charge is 0.291 e. The second kappa shape index (κ2) is 5.12. The minimum absolute atomic E-state index is 0.242. The first-order chi connectivity index (χ1) is 9.33. The number of amides is 1. The Hall–Kier alpha value is -2.33. The molecule has 2 aromatic heterocycles. The van der Waals surface area contributed by atoms with E-state index >= 15 is 0 Å². The van der Waals surface area contributed by atoms with Crippen molar-refractivity contribution in [1.29, 1.82) is 0 Å². The molecule has 0 unspecified atom stereocenters. The predicted molar refractivity (Wildman–Crippen MR) is 76.4 cm³/mol. The molecule has 94 valence electrons. The number of benzene rings is 1. The van der Waals surface area contributed by atoms with E-state index in [0.29, 0.717) is 11.5 Å². The van der Waals surface area contributed by atoms with E-state index in [2.05, 4.69) is 5.32 Å². The quantitative estimate of drug-likeness (QED) is 0.772. The lowest BCUT2D eigenvalue weighted by Gasteiger charge is -2.01. The summed E-state index contributed by atoms with van der Waals surface area (Å²) in [5.41, 5.74) is 0.751. The van der Waals surface area contributed by atoms with E-state index in [1.807, 2.05) is 53.9 Å². The Morgan fingerprint density at radius 2 is 1.84 bits per heavy atom. The molecule has 1 aromatic carbocycles. The highest BCUT2D eigenvalue weighted by molar-refractivity contribution is 7.13. The van der Waals surface area contributed by atoms with Gasteiger partial charge in [-0.15, -0.1) is 11.3 Å². The first-order valence-corrected chi connectivity index (χ1v) is 6.71. The molecule has 2 heterocycles. The number of carbonyl (C=O) groups excluding carboxylic acids is 1. The van der Waals surface area contributed by atoms with Gasteiger partial charge in [0.15, 0.2) is 5.76 Å². The van der Waals surface area contributed by atoms with Gasteiger partial charge >= 0.3 is 0 Å². The van der Waals surface area contributed by atoms with Gasteiger partial charge in [0, 0.05) is 5.69 Å². The summed E-state index contributed by atoms with van der Waals surface area (Å²) in [6.45, 7) is 0. The molecule has 0 aliphatic rings. The van der Waals surface area contributed by atoms with Crippen LogP contribution in [-0.2, 0) is 0 Å². The van der Waals surface area contributed by atoms with Crippen molar-refractivity contribution in [2.24, 2.45) is 0 Å². The Labute approximate surface area is 114 Å². The molecule has 19 heavy (non-hydrogen) atoms. The maximum atomic E-state index is 12.0. The second-order valence-corrected chi connectivity index (χ2v) is 4.91. The highest BCUT2D eigenvalue weighted by atomic mass is 32.1. The highest BCUT2D eigenvalue weighted by Crippen LogP contribution is 2.26. The molecule has 1 amide bonds. The van der Waals surface area contributed by atoms with Crippen LogP contribution in [0, 0.1) is 0 Å². The largest absolute Gasteiger partial charge is 0.450 e. The maximum Gasteiger partial charge on any atom is 0.291 e. The van der Waals surface area contributed by atoms with E-state index in [4.69, 9.17) is 4.42 Å². The average molecular weight is 269 g/mol. The zero-order valence-electron chi connectivity index (χ0n) is 10.00. The van der Waals surface area contributed by atoms with Crippen molar-refractivity contribution in [2.45, 2.75) is 0 Å². The number of furan rings is 1. The van der Waals surface area contributed by atoms with Crippen LogP contribution in [0.1, 0.15) is 10.6 Å². The molecule has 3 aromatic rings. The summed E-state index contributed by atoms with van der Waals surface area (Å²) in [5.74, 6) is 0.787. The summed E-state index contributed by atoms with van der Waals surface area (Å²) < 4.78 is 5.56. The Balaban J connectivity index is 1.78. The van der Waals surface area contributed by atoms with Crippen molar-refractivity contribution in [3.05, 3.63) is 65.7 Å². The number of hydrogen-bond acceptors (Lipinski definition) is 3. The molecule has 0 atom stereocenters. The maximum absolute atomic E-state index is 12.0. The molecule has 1 N–H and O–H groups in total. The number of nitrogens with one attached hydrogen (secondary N) is 1. The molecule has 0 saturated heterocycles. The summed E-state index contributed by atoms with van der Waals surface area (Å²) in [7, 11) is 0.